The molecule has 2 aliphatic heterocycles. The highest BCUT2D eigenvalue weighted by molar-refractivity contribution is 5.06. The van der Waals surface area contributed by atoms with Crippen molar-refractivity contribution in [1.82, 2.24) is 4.90 Å². The van der Waals surface area contributed by atoms with E-state index in [4.69, 9.17) is 5.11 Å². The molecule has 0 saturated carbocycles. The molecule has 2 saturated heterocycles. The third kappa shape index (κ3) is 1.19. The van der Waals surface area contributed by atoms with Crippen molar-refractivity contribution in [3.8, 4) is 0 Å². The van der Waals surface area contributed by atoms with Crippen LogP contribution in [0.25, 0.3) is 0 Å². The van der Waals surface area contributed by atoms with Gasteiger partial charge in [-0.15, -0.1) is 0 Å². The SMILES string of the molecule is OC[C@@H]1[C@@H](O)[C@H](O)C2[C@H](O)CCN21. The number of nitrogens with zero attached hydrogens (tertiary/aromatic N) is 1. The fourth-order valence-corrected chi connectivity index (χ4v) is 2.47. The van der Waals surface area contributed by atoms with E-state index in [1.807, 2.05) is 0 Å². The molecule has 5 atom stereocenters. The molecule has 0 aromatic carbocycles. The summed E-state index contributed by atoms with van der Waals surface area (Å²) in [5.41, 5.74) is 0. The van der Waals surface area contributed by atoms with Gasteiger partial charge in [-0.2, -0.15) is 0 Å². The van der Waals surface area contributed by atoms with Crippen molar-refractivity contribution in [3.05, 3.63) is 0 Å². The predicted octanol–water partition coefficient (Wildman–Crippen LogP) is -2.48. The summed E-state index contributed by atoms with van der Waals surface area (Å²) in [5.74, 6) is 0. The molecule has 5 nitrogen and oxygen atoms in total. The molecule has 1 unspecified atom stereocenters. The maximum Gasteiger partial charge on any atom is 0.0995 e. The van der Waals surface area contributed by atoms with E-state index in [-0.39, 0.29) is 6.61 Å². The molecule has 4 N–H and O–H groups in total. The first-order valence-corrected chi connectivity index (χ1v) is 4.57. The summed E-state index contributed by atoms with van der Waals surface area (Å²) < 4.78 is 0. The molecular weight excluding hydrogens is 174 g/mol. The third-order valence-corrected chi connectivity index (χ3v) is 3.17. The fraction of sp³-hybridized carbons (Fsp3) is 1.00. The van der Waals surface area contributed by atoms with Crippen molar-refractivity contribution < 1.29 is 20.4 Å². The van der Waals surface area contributed by atoms with E-state index < -0.39 is 30.4 Å². The van der Waals surface area contributed by atoms with Crippen molar-refractivity contribution in [1.29, 1.82) is 0 Å². The molecule has 0 aromatic heterocycles. The number of aliphatic hydroxyl groups excluding tert-OH is 4. The van der Waals surface area contributed by atoms with Gasteiger partial charge in [-0.25, -0.2) is 0 Å². The number of hydrogen-bond acceptors (Lipinski definition) is 5. The van der Waals surface area contributed by atoms with E-state index in [2.05, 4.69) is 0 Å². The van der Waals surface area contributed by atoms with Gasteiger partial charge in [0.25, 0.3) is 0 Å². The summed E-state index contributed by atoms with van der Waals surface area (Å²) in [6.07, 6.45) is -1.86. The Labute approximate surface area is 76.2 Å². The maximum absolute atomic E-state index is 9.58. The highest BCUT2D eigenvalue weighted by Gasteiger charge is 2.52. The molecule has 0 aliphatic carbocycles. The van der Waals surface area contributed by atoms with Gasteiger partial charge in [0.2, 0.25) is 0 Å². The summed E-state index contributed by atoms with van der Waals surface area (Å²) >= 11 is 0. The maximum atomic E-state index is 9.58. The van der Waals surface area contributed by atoms with E-state index in [9.17, 15) is 15.3 Å². The molecular formula is C8H15NO4. The number of aliphatic hydroxyl groups is 4. The second-order valence-corrected chi connectivity index (χ2v) is 3.82. The number of rotatable bonds is 1. The average molecular weight is 189 g/mol. The van der Waals surface area contributed by atoms with Gasteiger partial charge in [-0.3, -0.25) is 4.90 Å². The molecule has 0 amide bonds. The molecule has 2 fully saturated rings. The second kappa shape index (κ2) is 3.18. The molecule has 0 aromatic rings. The minimum atomic E-state index is -0.940. The Balaban J connectivity index is 2.19. The Morgan fingerprint density at radius 3 is 2.46 bits per heavy atom. The van der Waals surface area contributed by atoms with Crippen LogP contribution in [0, 0.1) is 0 Å². The van der Waals surface area contributed by atoms with Gasteiger partial charge in [0, 0.05) is 6.54 Å². The largest absolute Gasteiger partial charge is 0.395 e. The summed E-state index contributed by atoms with van der Waals surface area (Å²) in [7, 11) is 0. The van der Waals surface area contributed by atoms with Crippen LogP contribution in [0.5, 0.6) is 0 Å². The smallest absolute Gasteiger partial charge is 0.0995 e. The first-order valence-electron chi connectivity index (χ1n) is 4.57. The van der Waals surface area contributed by atoms with Gasteiger partial charge in [-0.1, -0.05) is 0 Å². The molecule has 2 aliphatic rings. The molecule has 5 heteroatoms. The van der Waals surface area contributed by atoms with Crippen molar-refractivity contribution in [2.75, 3.05) is 13.2 Å². The van der Waals surface area contributed by atoms with E-state index in [1.165, 1.54) is 0 Å². The lowest BCUT2D eigenvalue weighted by Crippen LogP contribution is -2.39. The second-order valence-electron chi connectivity index (χ2n) is 3.82. The van der Waals surface area contributed by atoms with E-state index in [0.29, 0.717) is 13.0 Å². The van der Waals surface area contributed by atoms with E-state index in [0.717, 1.165) is 0 Å². The Morgan fingerprint density at radius 2 is 1.85 bits per heavy atom. The van der Waals surface area contributed by atoms with Crippen LogP contribution in [0.3, 0.4) is 0 Å². The van der Waals surface area contributed by atoms with Crippen molar-refractivity contribution in [3.63, 3.8) is 0 Å². The molecule has 76 valence electrons. The quantitative estimate of drug-likeness (QED) is 0.367. The minimum Gasteiger partial charge on any atom is -0.395 e. The highest BCUT2D eigenvalue weighted by atomic mass is 16.3. The lowest BCUT2D eigenvalue weighted by Gasteiger charge is -2.22. The van der Waals surface area contributed by atoms with Crippen LogP contribution in [-0.4, -0.2) is 68.9 Å². The van der Waals surface area contributed by atoms with Crippen LogP contribution >= 0.6 is 0 Å². The van der Waals surface area contributed by atoms with Crippen molar-refractivity contribution >= 4 is 0 Å². The number of hydrogen-bond donors (Lipinski definition) is 4. The Kier molecular flexibility index (Phi) is 2.29. The standard InChI is InChI=1S/C8H15NO4/c10-3-4-7(12)8(13)6-5(11)1-2-9(4)6/h4-8,10-13H,1-3H2/t4-,5-,6?,7-,8-/m1/s1. The van der Waals surface area contributed by atoms with Crippen LogP contribution in [-0.2, 0) is 0 Å². The van der Waals surface area contributed by atoms with Gasteiger partial charge >= 0.3 is 0 Å². The lowest BCUT2D eigenvalue weighted by atomic mass is 10.0. The third-order valence-electron chi connectivity index (χ3n) is 3.17. The fourth-order valence-electron chi connectivity index (χ4n) is 2.47. The van der Waals surface area contributed by atoms with Crippen LogP contribution in [0.1, 0.15) is 6.42 Å². The minimum absolute atomic E-state index is 0.179. The Hall–Kier alpha value is -0.200. The summed E-state index contributed by atoms with van der Waals surface area (Å²) in [5, 5.41) is 37.6. The first-order chi connectivity index (χ1) is 6.16. The molecule has 2 rings (SSSR count). The zero-order valence-electron chi connectivity index (χ0n) is 7.24. The van der Waals surface area contributed by atoms with Gasteiger partial charge < -0.3 is 20.4 Å². The van der Waals surface area contributed by atoms with Gasteiger partial charge in [-0.05, 0) is 6.42 Å². The Morgan fingerprint density at radius 1 is 1.15 bits per heavy atom. The van der Waals surface area contributed by atoms with Gasteiger partial charge in [0.05, 0.1) is 37.0 Å². The molecule has 0 bridgehead atoms. The van der Waals surface area contributed by atoms with Gasteiger partial charge in [0.1, 0.15) is 0 Å². The lowest BCUT2D eigenvalue weighted by molar-refractivity contribution is -0.000895. The van der Waals surface area contributed by atoms with Crippen molar-refractivity contribution in [2.24, 2.45) is 0 Å². The molecule has 13 heavy (non-hydrogen) atoms. The molecule has 2 heterocycles. The van der Waals surface area contributed by atoms with E-state index >= 15 is 0 Å². The predicted molar refractivity (Wildman–Crippen MR) is 44.0 cm³/mol. The Bertz CT molecular complexity index is 201. The molecule has 0 spiro atoms. The average Bonchev–Trinajstić information content (AvgIpc) is 2.57. The zero-order chi connectivity index (χ0) is 9.59. The van der Waals surface area contributed by atoms with E-state index in [1.54, 1.807) is 4.90 Å². The first kappa shape index (κ1) is 9.36. The topological polar surface area (TPSA) is 84.2 Å². The van der Waals surface area contributed by atoms with Crippen LogP contribution < -0.4 is 0 Å². The normalized spacial score (nSPS) is 51.2. The van der Waals surface area contributed by atoms with Crippen LogP contribution in [0.4, 0.5) is 0 Å². The summed E-state index contributed by atoms with van der Waals surface area (Å²) in [6, 6.07) is -0.815. The number of fused-ring (bicyclic) bond motifs is 1. The monoisotopic (exact) mass is 189 g/mol. The molecule has 0 radical (unpaired) electrons. The summed E-state index contributed by atoms with van der Waals surface area (Å²) in [4.78, 5) is 1.79. The van der Waals surface area contributed by atoms with Gasteiger partial charge in [0.15, 0.2) is 0 Å². The van der Waals surface area contributed by atoms with Crippen LogP contribution in [0.15, 0.2) is 0 Å². The zero-order valence-corrected chi connectivity index (χ0v) is 7.24. The summed E-state index contributed by atoms with van der Waals surface area (Å²) in [6.45, 7) is 0.451. The highest BCUT2D eigenvalue weighted by Crippen LogP contribution is 2.33. The van der Waals surface area contributed by atoms with Crippen LogP contribution in [0.2, 0.25) is 0 Å². The van der Waals surface area contributed by atoms with Crippen molar-refractivity contribution in [2.45, 2.75) is 36.8 Å².